The molecule has 88 valence electrons. The lowest BCUT2D eigenvalue weighted by Crippen LogP contribution is -1.96. The van der Waals surface area contributed by atoms with Crippen molar-refractivity contribution < 1.29 is 4.74 Å². The van der Waals surface area contributed by atoms with E-state index in [1.807, 2.05) is 42.5 Å². The molecule has 2 rings (SSSR count). The molecule has 0 aliphatic heterocycles. The molecule has 0 unspecified atom stereocenters. The molecule has 17 heavy (non-hydrogen) atoms. The summed E-state index contributed by atoms with van der Waals surface area (Å²) in [4.78, 5) is 0. The summed E-state index contributed by atoms with van der Waals surface area (Å²) >= 11 is 6.85. The molecule has 0 saturated heterocycles. The molecule has 2 nitrogen and oxygen atoms in total. The Kier molecular flexibility index (Phi) is 4.07. The molecule has 0 fully saturated rings. The number of anilines is 1. The fourth-order valence-electron chi connectivity index (χ4n) is 1.42. The van der Waals surface area contributed by atoms with Crippen LogP contribution in [0.4, 0.5) is 5.69 Å². The van der Waals surface area contributed by atoms with Gasteiger partial charge in [-0.1, -0.05) is 28.1 Å². The molecule has 0 radical (unpaired) electrons. The lowest BCUT2D eigenvalue weighted by molar-refractivity contribution is 0.304. The summed E-state index contributed by atoms with van der Waals surface area (Å²) < 4.78 is 7.63. The summed E-state index contributed by atoms with van der Waals surface area (Å²) in [5.74, 6) is 0.791. The zero-order valence-corrected chi connectivity index (χ0v) is 12.2. The fourth-order valence-corrected chi connectivity index (χ4v) is 2.38. The summed E-state index contributed by atoms with van der Waals surface area (Å²) in [5, 5.41) is 0. The normalized spacial score (nSPS) is 10.2. The number of hydrogen-bond acceptors (Lipinski definition) is 2. The Bertz CT molecular complexity index is 529. The van der Waals surface area contributed by atoms with Crippen molar-refractivity contribution in [2.24, 2.45) is 0 Å². The number of halogens is 2. The average molecular weight is 357 g/mol. The van der Waals surface area contributed by atoms with Gasteiger partial charge in [0.25, 0.3) is 0 Å². The lowest BCUT2D eigenvalue weighted by atomic mass is 10.2. The maximum Gasteiger partial charge on any atom is 0.134 e. The summed E-state index contributed by atoms with van der Waals surface area (Å²) in [6.07, 6.45) is 0. The number of ether oxygens (including phenoxy) is 1. The Morgan fingerprint density at radius 3 is 2.59 bits per heavy atom. The van der Waals surface area contributed by atoms with E-state index in [9.17, 15) is 0 Å². The molecule has 2 N–H and O–H groups in total. The van der Waals surface area contributed by atoms with E-state index in [0.29, 0.717) is 12.3 Å². The molecule has 2 aromatic carbocycles. The van der Waals surface area contributed by atoms with Gasteiger partial charge in [-0.25, -0.2) is 0 Å². The molecule has 0 aliphatic rings. The van der Waals surface area contributed by atoms with Crippen molar-refractivity contribution in [1.82, 2.24) is 0 Å². The zero-order valence-electron chi connectivity index (χ0n) is 8.99. The second kappa shape index (κ2) is 5.56. The van der Waals surface area contributed by atoms with Crippen LogP contribution in [-0.4, -0.2) is 0 Å². The molecule has 0 bridgehead atoms. The van der Waals surface area contributed by atoms with Crippen molar-refractivity contribution in [2.75, 3.05) is 5.73 Å². The van der Waals surface area contributed by atoms with Crippen molar-refractivity contribution >= 4 is 37.5 Å². The summed E-state index contributed by atoms with van der Waals surface area (Å²) in [6, 6.07) is 13.5. The SMILES string of the molecule is Nc1ccc(OCc2cccc(Br)c2)c(Br)c1. The summed E-state index contributed by atoms with van der Waals surface area (Å²) in [7, 11) is 0. The van der Waals surface area contributed by atoms with Crippen LogP contribution in [0, 0.1) is 0 Å². The van der Waals surface area contributed by atoms with Gasteiger partial charge in [0.05, 0.1) is 4.47 Å². The monoisotopic (exact) mass is 355 g/mol. The predicted molar refractivity (Wildman–Crippen MR) is 77.0 cm³/mol. The van der Waals surface area contributed by atoms with Crippen molar-refractivity contribution in [3.05, 3.63) is 57.0 Å². The standard InChI is InChI=1S/C13H11Br2NO/c14-10-3-1-2-9(6-10)8-17-13-5-4-11(16)7-12(13)15/h1-7H,8,16H2. The van der Waals surface area contributed by atoms with E-state index in [-0.39, 0.29) is 0 Å². The molecule has 0 spiro atoms. The van der Waals surface area contributed by atoms with E-state index in [2.05, 4.69) is 31.9 Å². The molecule has 0 saturated carbocycles. The van der Waals surface area contributed by atoms with Gasteiger partial charge >= 0.3 is 0 Å². The van der Waals surface area contributed by atoms with Gasteiger partial charge in [0.15, 0.2) is 0 Å². The van der Waals surface area contributed by atoms with Crippen LogP contribution in [0.15, 0.2) is 51.4 Å². The van der Waals surface area contributed by atoms with Crippen LogP contribution >= 0.6 is 31.9 Å². The van der Waals surface area contributed by atoms with Gasteiger partial charge in [-0.2, -0.15) is 0 Å². The number of hydrogen-bond donors (Lipinski definition) is 1. The highest BCUT2D eigenvalue weighted by atomic mass is 79.9. The van der Waals surface area contributed by atoms with Crippen LogP contribution in [0.5, 0.6) is 5.75 Å². The highest BCUT2D eigenvalue weighted by Gasteiger charge is 2.02. The average Bonchev–Trinajstić information content (AvgIpc) is 2.28. The van der Waals surface area contributed by atoms with Crippen LogP contribution in [-0.2, 0) is 6.61 Å². The van der Waals surface area contributed by atoms with Gasteiger partial charge in [0.1, 0.15) is 12.4 Å². The number of rotatable bonds is 3. The van der Waals surface area contributed by atoms with Gasteiger partial charge in [0.2, 0.25) is 0 Å². The van der Waals surface area contributed by atoms with Gasteiger partial charge in [-0.3, -0.25) is 0 Å². The Morgan fingerprint density at radius 2 is 1.88 bits per heavy atom. The highest BCUT2D eigenvalue weighted by Crippen LogP contribution is 2.27. The van der Waals surface area contributed by atoms with Crippen LogP contribution in [0.3, 0.4) is 0 Å². The lowest BCUT2D eigenvalue weighted by Gasteiger charge is -2.09. The maximum absolute atomic E-state index is 5.71. The van der Waals surface area contributed by atoms with Crippen molar-refractivity contribution in [3.8, 4) is 5.75 Å². The van der Waals surface area contributed by atoms with Crippen molar-refractivity contribution in [2.45, 2.75) is 6.61 Å². The summed E-state index contributed by atoms with van der Waals surface area (Å²) in [6.45, 7) is 0.530. The Hall–Kier alpha value is -1.000. The van der Waals surface area contributed by atoms with Gasteiger partial charge in [-0.15, -0.1) is 0 Å². The van der Waals surface area contributed by atoms with E-state index in [0.717, 1.165) is 20.3 Å². The molecular weight excluding hydrogens is 346 g/mol. The third kappa shape index (κ3) is 3.48. The first-order valence-corrected chi connectivity index (χ1v) is 6.66. The fraction of sp³-hybridized carbons (Fsp3) is 0.0769. The van der Waals surface area contributed by atoms with E-state index < -0.39 is 0 Å². The molecule has 0 amide bonds. The molecule has 0 heterocycles. The molecular formula is C13H11Br2NO. The largest absolute Gasteiger partial charge is 0.488 e. The number of nitrogens with two attached hydrogens (primary N) is 1. The Morgan fingerprint density at radius 1 is 1.06 bits per heavy atom. The molecule has 0 atom stereocenters. The van der Waals surface area contributed by atoms with Crippen LogP contribution in [0.1, 0.15) is 5.56 Å². The van der Waals surface area contributed by atoms with Crippen LogP contribution in [0.2, 0.25) is 0 Å². The van der Waals surface area contributed by atoms with E-state index >= 15 is 0 Å². The van der Waals surface area contributed by atoms with E-state index in [4.69, 9.17) is 10.5 Å². The molecule has 2 aromatic rings. The molecule has 4 heteroatoms. The smallest absolute Gasteiger partial charge is 0.134 e. The first kappa shape index (κ1) is 12.5. The third-order valence-electron chi connectivity index (χ3n) is 2.24. The van der Waals surface area contributed by atoms with E-state index in [1.54, 1.807) is 0 Å². The van der Waals surface area contributed by atoms with Gasteiger partial charge in [0, 0.05) is 10.2 Å². The Labute approximate surface area is 117 Å². The number of benzene rings is 2. The second-order valence-corrected chi connectivity index (χ2v) is 5.38. The minimum atomic E-state index is 0.530. The zero-order chi connectivity index (χ0) is 12.3. The number of nitrogen functional groups attached to an aromatic ring is 1. The van der Waals surface area contributed by atoms with Crippen molar-refractivity contribution in [3.63, 3.8) is 0 Å². The summed E-state index contributed by atoms with van der Waals surface area (Å²) in [5.41, 5.74) is 7.49. The van der Waals surface area contributed by atoms with Crippen LogP contribution < -0.4 is 10.5 Å². The van der Waals surface area contributed by atoms with Crippen LogP contribution in [0.25, 0.3) is 0 Å². The quantitative estimate of drug-likeness (QED) is 0.828. The predicted octanol–water partition coefficient (Wildman–Crippen LogP) is 4.37. The van der Waals surface area contributed by atoms with Gasteiger partial charge < -0.3 is 10.5 Å². The van der Waals surface area contributed by atoms with Gasteiger partial charge in [-0.05, 0) is 51.8 Å². The second-order valence-electron chi connectivity index (χ2n) is 3.61. The minimum absolute atomic E-state index is 0.530. The Balaban J connectivity index is 2.07. The molecule has 0 aliphatic carbocycles. The van der Waals surface area contributed by atoms with E-state index in [1.165, 1.54) is 0 Å². The first-order chi connectivity index (χ1) is 8.15. The minimum Gasteiger partial charge on any atom is -0.488 e. The highest BCUT2D eigenvalue weighted by molar-refractivity contribution is 9.10. The maximum atomic E-state index is 5.71. The third-order valence-corrected chi connectivity index (χ3v) is 3.35. The first-order valence-electron chi connectivity index (χ1n) is 5.07. The topological polar surface area (TPSA) is 35.2 Å². The van der Waals surface area contributed by atoms with Crippen molar-refractivity contribution in [1.29, 1.82) is 0 Å². The molecule has 0 aromatic heterocycles.